The fourth-order valence-corrected chi connectivity index (χ4v) is 3.06. The Hall–Kier alpha value is -1.50. The first-order chi connectivity index (χ1) is 9.69. The van der Waals surface area contributed by atoms with Crippen LogP contribution >= 0.6 is 11.5 Å². The summed E-state index contributed by atoms with van der Waals surface area (Å²) in [6.45, 7) is 4.72. The Balaban J connectivity index is 2.15. The molecule has 6 nitrogen and oxygen atoms in total. The molecule has 0 N–H and O–H groups in total. The van der Waals surface area contributed by atoms with Crippen molar-refractivity contribution in [2.75, 3.05) is 13.2 Å². The van der Waals surface area contributed by atoms with Crippen LogP contribution in [0.5, 0.6) is 0 Å². The minimum absolute atomic E-state index is 0.140. The van der Waals surface area contributed by atoms with E-state index in [1.54, 1.807) is 11.8 Å². The van der Waals surface area contributed by atoms with Crippen molar-refractivity contribution in [3.63, 3.8) is 0 Å². The highest BCUT2D eigenvalue weighted by molar-refractivity contribution is 7.08. The van der Waals surface area contributed by atoms with E-state index >= 15 is 0 Å². The third kappa shape index (κ3) is 2.98. The summed E-state index contributed by atoms with van der Waals surface area (Å²) in [7, 11) is 0. The summed E-state index contributed by atoms with van der Waals surface area (Å²) < 4.78 is 8.91. The first-order valence-corrected chi connectivity index (χ1v) is 7.75. The lowest BCUT2D eigenvalue weighted by Gasteiger charge is -2.22. The van der Waals surface area contributed by atoms with E-state index in [0.29, 0.717) is 24.4 Å². The average molecular weight is 297 g/mol. The van der Waals surface area contributed by atoms with E-state index in [9.17, 15) is 9.59 Å². The second-order valence-electron chi connectivity index (χ2n) is 4.71. The van der Waals surface area contributed by atoms with Gasteiger partial charge >= 0.3 is 5.97 Å². The van der Waals surface area contributed by atoms with Crippen molar-refractivity contribution >= 4 is 23.4 Å². The van der Waals surface area contributed by atoms with Crippen LogP contribution in [0.4, 0.5) is 0 Å². The maximum Gasteiger partial charge on any atom is 0.328 e. The van der Waals surface area contributed by atoms with Gasteiger partial charge in [-0.05, 0) is 37.7 Å². The molecule has 0 aliphatic carbocycles. The molecule has 1 aliphatic rings. The largest absolute Gasteiger partial charge is 0.464 e. The van der Waals surface area contributed by atoms with Gasteiger partial charge in [-0.15, -0.1) is 5.10 Å². The van der Waals surface area contributed by atoms with Crippen LogP contribution < -0.4 is 0 Å². The van der Waals surface area contributed by atoms with Crippen molar-refractivity contribution in [3.8, 4) is 0 Å². The smallest absolute Gasteiger partial charge is 0.328 e. The molecule has 1 aromatic heterocycles. The number of amides is 1. The van der Waals surface area contributed by atoms with Crippen LogP contribution in [0.15, 0.2) is 0 Å². The summed E-state index contributed by atoms with van der Waals surface area (Å²) in [6.07, 6.45) is 3.13. The molecule has 1 aliphatic heterocycles. The van der Waals surface area contributed by atoms with Crippen LogP contribution in [0.25, 0.3) is 0 Å². The van der Waals surface area contributed by atoms with Crippen molar-refractivity contribution in [2.24, 2.45) is 0 Å². The number of hydrogen-bond acceptors (Lipinski definition) is 6. The predicted molar refractivity (Wildman–Crippen MR) is 74.6 cm³/mol. The minimum atomic E-state index is -0.459. The van der Waals surface area contributed by atoms with Crippen molar-refractivity contribution in [3.05, 3.63) is 10.6 Å². The molecule has 1 aromatic rings. The Kier molecular flexibility index (Phi) is 5.05. The standard InChI is InChI=1S/C13H19N3O3S/c1-3-6-9-11(20-15-14-9)12(17)16-8-5-7-10(16)13(18)19-4-2/h10H,3-8H2,1-2H3. The van der Waals surface area contributed by atoms with E-state index in [1.165, 1.54) is 0 Å². The van der Waals surface area contributed by atoms with Gasteiger partial charge in [0.1, 0.15) is 10.9 Å². The summed E-state index contributed by atoms with van der Waals surface area (Å²) >= 11 is 1.11. The molecule has 7 heteroatoms. The molecule has 0 radical (unpaired) electrons. The van der Waals surface area contributed by atoms with Crippen LogP contribution in [-0.4, -0.2) is 45.6 Å². The Morgan fingerprint density at radius 3 is 2.95 bits per heavy atom. The summed E-state index contributed by atoms with van der Waals surface area (Å²) in [4.78, 5) is 26.6. The lowest BCUT2D eigenvalue weighted by atomic mass is 10.2. The molecule has 1 saturated heterocycles. The van der Waals surface area contributed by atoms with E-state index in [-0.39, 0.29) is 11.9 Å². The number of aryl methyl sites for hydroxylation is 1. The van der Waals surface area contributed by atoms with Gasteiger partial charge in [0.25, 0.3) is 5.91 Å². The molecule has 0 bridgehead atoms. The second kappa shape index (κ2) is 6.78. The Morgan fingerprint density at radius 1 is 1.45 bits per heavy atom. The predicted octanol–water partition coefficient (Wildman–Crippen LogP) is 1.66. The summed E-state index contributed by atoms with van der Waals surface area (Å²) in [6, 6.07) is -0.459. The van der Waals surface area contributed by atoms with Crippen LogP contribution in [0.3, 0.4) is 0 Å². The number of carbonyl (C=O) groups excluding carboxylic acids is 2. The number of hydrogen-bond donors (Lipinski definition) is 0. The van der Waals surface area contributed by atoms with E-state index in [0.717, 1.165) is 36.5 Å². The lowest BCUT2D eigenvalue weighted by Crippen LogP contribution is -2.41. The van der Waals surface area contributed by atoms with Crippen LogP contribution in [0.2, 0.25) is 0 Å². The maximum atomic E-state index is 12.6. The summed E-state index contributed by atoms with van der Waals surface area (Å²) in [5.41, 5.74) is 0.733. The fraction of sp³-hybridized carbons (Fsp3) is 0.692. The second-order valence-corrected chi connectivity index (χ2v) is 5.46. The number of nitrogens with zero attached hydrogens (tertiary/aromatic N) is 3. The maximum absolute atomic E-state index is 12.6. The van der Waals surface area contributed by atoms with Crippen molar-refractivity contribution in [1.29, 1.82) is 0 Å². The van der Waals surface area contributed by atoms with Crippen molar-refractivity contribution in [1.82, 2.24) is 14.5 Å². The van der Waals surface area contributed by atoms with Gasteiger partial charge < -0.3 is 9.64 Å². The van der Waals surface area contributed by atoms with Gasteiger partial charge in [-0.25, -0.2) is 4.79 Å². The monoisotopic (exact) mass is 297 g/mol. The molecular weight excluding hydrogens is 278 g/mol. The highest BCUT2D eigenvalue weighted by Crippen LogP contribution is 2.24. The van der Waals surface area contributed by atoms with Gasteiger partial charge in [0.2, 0.25) is 0 Å². The number of ether oxygens (including phenoxy) is 1. The molecule has 2 rings (SSSR count). The van der Waals surface area contributed by atoms with Gasteiger partial charge in [0, 0.05) is 6.54 Å². The fourth-order valence-electron chi connectivity index (χ4n) is 2.40. The molecule has 1 amide bonds. The molecule has 1 atom stereocenters. The molecule has 0 spiro atoms. The third-order valence-electron chi connectivity index (χ3n) is 3.31. The zero-order valence-corrected chi connectivity index (χ0v) is 12.6. The Bertz CT molecular complexity index is 489. The van der Waals surface area contributed by atoms with Gasteiger partial charge in [-0.3, -0.25) is 4.79 Å². The van der Waals surface area contributed by atoms with E-state index in [4.69, 9.17) is 4.74 Å². The van der Waals surface area contributed by atoms with Gasteiger partial charge in [0.15, 0.2) is 0 Å². The molecular formula is C13H19N3O3S. The number of carbonyl (C=O) groups is 2. The zero-order chi connectivity index (χ0) is 14.5. The van der Waals surface area contributed by atoms with Crippen molar-refractivity contribution < 1.29 is 14.3 Å². The first kappa shape index (κ1) is 14.9. The Labute approximate surface area is 122 Å². The first-order valence-electron chi connectivity index (χ1n) is 6.97. The van der Waals surface area contributed by atoms with Crippen LogP contribution in [-0.2, 0) is 16.0 Å². The van der Waals surface area contributed by atoms with E-state index < -0.39 is 6.04 Å². The molecule has 110 valence electrons. The molecule has 1 unspecified atom stereocenters. The number of rotatable bonds is 5. The number of aromatic nitrogens is 2. The normalized spacial score (nSPS) is 18.3. The lowest BCUT2D eigenvalue weighted by molar-refractivity contribution is -0.147. The average Bonchev–Trinajstić information content (AvgIpc) is 3.07. The van der Waals surface area contributed by atoms with E-state index in [2.05, 4.69) is 9.59 Å². The van der Waals surface area contributed by atoms with Gasteiger partial charge in [-0.2, -0.15) is 0 Å². The molecule has 1 fully saturated rings. The van der Waals surface area contributed by atoms with Gasteiger partial charge in [0.05, 0.1) is 12.3 Å². The SMILES string of the molecule is CCCc1nnsc1C(=O)N1CCCC1C(=O)OCC. The van der Waals surface area contributed by atoms with E-state index in [1.807, 2.05) is 6.92 Å². The molecule has 2 heterocycles. The molecule has 20 heavy (non-hydrogen) atoms. The zero-order valence-electron chi connectivity index (χ0n) is 11.8. The van der Waals surface area contributed by atoms with Crippen LogP contribution in [0.1, 0.15) is 48.5 Å². The Morgan fingerprint density at radius 2 is 2.25 bits per heavy atom. The third-order valence-corrected chi connectivity index (χ3v) is 4.07. The molecule has 0 saturated carbocycles. The minimum Gasteiger partial charge on any atom is -0.464 e. The summed E-state index contributed by atoms with van der Waals surface area (Å²) in [5, 5.41) is 4.01. The van der Waals surface area contributed by atoms with Gasteiger partial charge in [-0.1, -0.05) is 17.8 Å². The number of esters is 1. The highest BCUT2D eigenvalue weighted by atomic mass is 32.1. The topological polar surface area (TPSA) is 72.4 Å². The molecule has 0 aromatic carbocycles. The quantitative estimate of drug-likeness (QED) is 0.773. The van der Waals surface area contributed by atoms with Crippen LogP contribution in [0, 0.1) is 0 Å². The number of likely N-dealkylation sites (tertiary alicyclic amines) is 1. The highest BCUT2D eigenvalue weighted by Gasteiger charge is 2.37. The van der Waals surface area contributed by atoms with Crippen molar-refractivity contribution in [2.45, 2.75) is 45.6 Å². The summed E-state index contributed by atoms with van der Waals surface area (Å²) in [5.74, 6) is -0.452.